The van der Waals surface area contributed by atoms with Crippen LogP contribution >= 0.6 is 0 Å². The summed E-state index contributed by atoms with van der Waals surface area (Å²) >= 11 is 0. The van der Waals surface area contributed by atoms with E-state index in [2.05, 4.69) is 18.7 Å². The number of carbonyl (C=O) groups is 1. The summed E-state index contributed by atoms with van der Waals surface area (Å²) in [6.07, 6.45) is 2.11. The average molecular weight is 297 g/mol. The molecule has 1 aromatic rings. The molecule has 1 atom stereocenters. The van der Waals surface area contributed by atoms with Crippen molar-refractivity contribution in [3.63, 3.8) is 0 Å². The number of carbonyl (C=O) groups excluding carboxylic acids is 1. The molecule has 2 nitrogen and oxygen atoms in total. The van der Waals surface area contributed by atoms with Gasteiger partial charge in [0.1, 0.15) is 11.6 Å². The number of halogens is 2. The summed E-state index contributed by atoms with van der Waals surface area (Å²) in [5.41, 5.74) is -0.0353. The van der Waals surface area contributed by atoms with Gasteiger partial charge in [-0.2, -0.15) is 0 Å². The van der Waals surface area contributed by atoms with E-state index in [0.717, 1.165) is 38.1 Å². The first-order valence-electron chi connectivity index (χ1n) is 7.67. The second-order valence-corrected chi connectivity index (χ2v) is 5.43. The standard InChI is InChI=1S/C17H25F2NO/c1-5-13(6-2)11-20(7-3)12(4)17(21)15-9-8-14(18)10-16(15)19/h8-10,12-13H,5-7,11H2,1-4H3. The van der Waals surface area contributed by atoms with Crippen LogP contribution < -0.4 is 0 Å². The fourth-order valence-corrected chi connectivity index (χ4v) is 2.52. The zero-order valence-corrected chi connectivity index (χ0v) is 13.3. The Morgan fingerprint density at radius 2 is 1.81 bits per heavy atom. The molecule has 4 heteroatoms. The van der Waals surface area contributed by atoms with E-state index in [1.165, 1.54) is 6.07 Å². The van der Waals surface area contributed by atoms with Crippen LogP contribution in [0.4, 0.5) is 8.78 Å². The van der Waals surface area contributed by atoms with Crippen molar-refractivity contribution in [2.24, 2.45) is 5.92 Å². The number of hydrogen-bond acceptors (Lipinski definition) is 2. The summed E-state index contributed by atoms with van der Waals surface area (Å²) in [6.45, 7) is 9.60. The maximum Gasteiger partial charge on any atom is 0.182 e. The molecule has 0 saturated heterocycles. The summed E-state index contributed by atoms with van der Waals surface area (Å²) in [6, 6.07) is 2.71. The monoisotopic (exact) mass is 297 g/mol. The minimum Gasteiger partial charge on any atom is -0.294 e. The Labute approximate surface area is 126 Å². The van der Waals surface area contributed by atoms with Crippen molar-refractivity contribution in [3.8, 4) is 0 Å². The Bertz CT molecular complexity index is 472. The van der Waals surface area contributed by atoms with Crippen LogP contribution in [0.1, 0.15) is 50.9 Å². The van der Waals surface area contributed by atoms with E-state index < -0.39 is 17.7 Å². The molecule has 1 unspecified atom stereocenters. The van der Waals surface area contributed by atoms with Crippen molar-refractivity contribution in [1.82, 2.24) is 4.90 Å². The maximum absolute atomic E-state index is 13.7. The van der Waals surface area contributed by atoms with Gasteiger partial charge in [0.25, 0.3) is 0 Å². The van der Waals surface area contributed by atoms with Crippen LogP contribution in [0.15, 0.2) is 18.2 Å². The van der Waals surface area contributed by atoms with Crippen LogP contribution in [0.3, 0.4) is 0 Å². The second-order valence-electron chi connectivity index (χ2n) is 5.43. The van der Waals surface area contributed by atoms with Crippen molar-refractivity contribution in [2.75, 3.05) is 13.1 Å². The van der Waals surface area contributed by atoms with Gasteiger partial charge in [0.2, 0.25) is 0 Å². The molecule has 1 rings (SSSR count). The quantitative estimate of drug-likeness (QED) is 0.667. The van der Waals surface area contributed by atoms with Gasteiger partial charge in [-0.05, 0) is 31.5 Å². The third-order valence-corrected chi connectivity index (χ3v) is 4.18. The topological polar surface area (TPSA) is 20.3 Å². The lowest BCUT2D eigenvalue weighted by Gasteiger charge is -2.30. The van der Waals surface area contributed by atoms with Crippen LogP contribution in [0.5, 0.6) is 0 Å². The maximum atomic E-state index is 13.7. The van der Waals surface area contributed by atoms with Gasteiger partial charge in [-0.15, -0.1) is 0 Å². The van der Waals surface area contributed by atoms with Crippen molar-refractivity contribution < 1.29 is 13.6 Å². The lowest BCUT2D eigenvalue weighted by molar-refractivity contribution is 0.0814. The molecule has 21 heavy (non-hydrogen) atoms. The first-order valence-corrected chi connectivity index (χ1v) is 7.67. The summed E-state index contributed by atoms with van der Waals surface area (Å²) in [4.78, 5) is 14.5. The number of hydrogen-bond donors (Lipinski definition) is 0. The van der Waals surface area contributed by atoms with Crippen molar-refractivity contribution >= 4 is 5.78 Å². The summed E-state index contributed by atoms with van der Waals surface area (Å²) < 4.78 is 26.7. The minimum absolute atomic E-state index is 0.0353. The van der Waals surface area contributed by atoms with Gasteiger partial charge in [-0.25, -0.2) is 8.78 Å². The van der Waals surface area contributed by atoms with E-state index in [9.17, 15) is 13.6 Å². The number of benzene rings is 1. The predicted molar refractivity (Wildman–Crippen MR) is 81.5 cm³/mol. The Hall–Kier alpha value is -1.29. The largest absolute Gasteiger partial charge is 0.294 e. The molecular weight excluding hydrogens is 272 g/mol. The molecule has 0 aliphatic rings. The number of ketones is 1. The first kappa shape index (κ1) is 17.8. The molecule has 0 aromatic heterocycles. The number of likely N-dealkylation sites (N-methyl/N-ethyl adjacent to an activating group) is 1. The van der Waals surface area contributed by atoms with Crippen molar-refractivity contribution in [1.29, 1.82) is 0 Å². The molecule has 0 bridgehead atoms. The van der Waals surface area contributed by atoms with Gasteiger partial charge < -0.3 is 0 Å². The normalized spacial score (nSPS) is 13.0. The van der Waals surface area contributed by atoms with E-state index in [0.29, 0.717) is 5.92 Å². The number of nitrogens with zero attached hydrogens (tertiary/aromatic N) is 1. The van der Waals surface area contributed by atoms with Gasteiger partial charge in [0.15, 0.2) is 5.78 Å². The molecule has 0 heterocycles. The third kappa shape index (κ3) is 4.60. The lowest BCUT2D eigenvalue weighted by Crippen LogP contribution is -2.42. The van der Waals surface area contributed by atoms with Crippen LogP contribution in [-0.4, -0.2) is 29.8 Å². The van der Waals surface area contributed by atoms with E-state index in [4.69, 9.17) is 0 Å². The Balaban J connectivity index is 2.88. The predicted octanol–water partition coefficient (Wildman–Crippen LogP) is 4.29. The summed E-state index contributed by atoms with van der Waals surface area (Å²) in [7, 11) is 0. The SMILES string of the molecule is CCC(CC)CN(CC)C(C)C(=O)c1ccc(F)cc1F. The van der Waals surface area contributed by atoms with Gasteiger partial charge >= 0.3 is 0 Å². The molecule has 0 fully saturated rings. The van der Waals surface area contributed by atoms with E-state index >= 15 is 0 Å². The molecule has 118 valence electrons. The lowest BCUT2D eigenvalue weighted by atomic mass is 9.99. The smallest absolute Gasteiger partial charge is 0.182 e. The molecule has 0 N–H and O–H groups in total. The Kier molecular flexibility index (Phi) is 6.96. The molecule has 1 aromatic carbocycles. The Morgan fingerprint density at radius 3 is 2.29 bits per heavy atom. The van der Waals surface area contributed by atoms with Crippen LogP contribution in [0.2, 0.25) is 0 Å². The molecule has 0 radical (unpaired) electrons. The molecular formula is C17H25F2NO. The minimum atomic E-state index is -0.787. The highest BCUT2D eigenvalue weighted by Gasteiger charge is 2.25. The van der Waals surface area contributed by atoms with Crippen LogP contribution in [0.25, 0.3) is 0 Å². The average Bonchev–Trinajstić information content (AvgIpc) is 2.47. The van der Waals surface area contributed by atoms with E-state index in [1.54, 1.807) is 6.92 Å². The summed E-state index contributed by atoms with van der Waals surface area (Å²) in [5, 5.41) is 0. The van der Waals surface area contributed by atoms with E-state index in [-0.39, 0.29) is 11.3 Å². The van der Waals surface area contributed by atoms with Crippen LogP contribution in [-0.2, 0) is 0 Å². The molecule has 0 saturated carbocycles. The highest BCUT2D eigenvalue weighted by Crippen LogP contribution is 2.17. The molecule has 0 spiro atoms. The van der Waals surface area contributed by atoms with Gasteiger partial charge in [-0.3, -0.25) is 9.69 Å². The third-order valence-electron chi connectivity index (χ3n) is 4.18. The molecule has 0 aliphatic heterocycles. The molecule has 0 aliphatic carbocycles. The van der Waals surface area contributed by atoms with Gasteiger partial charge in [0, 0.05) is 12.6 Å². The highest BCUT2D eigenvalue weighted by atomic mass is 19.1. The zero-order chi connectivity index (χ0) is 16.0. The highest BCUT2D eigenvalue weighted by molar-refractivity contribution is 6.00. The molecule has 0 amide bonds. The van der Waals surface area contributed by atoms with Crippen molar-refractivity contribution in [2.45, 2.75) is 46.6 Å². The van der Waals surface area contributed by atoms with Gasteiger partial charge in [-0.1, -0.05) is 33.6 Å². The zero-order valence-electron chi connectivity index (χ0n) is 13.3. The van der Waals surface area contributed by atoms with Gasteiger partial charge in [0.05, 0.1) is 11.6 Å². The van der Waals surface area contributed by atoms with E-state index in [1.807, 2.05) is 6.92 Å². The number of rotatable bonds is 8. The second kappa shape index (κ2) is 8.23. The summed E-state index contributed by atoms with van der Waals surface area (Å²) in [5.74, 6) is -1.22. The number of Topliss-reactive ketones (excluding diaryl/α,β-unsaturated/α-hetero) is 1. The van der Waals surface area contributed by atoms with Crippen LogP contribution in [0, 0.1) is 17.6 Å². The Morgan fingerprint density at radius 1 is 1.19 bits per heavy atom. The first-order chi connectivity index (χ1) is 9.94. The fraction of sp³-hybridized carbons (Fsp3) is 0.588. The van der Waals surface area contributed by atoms with Crippen molar-refractivity contribution in [3.05, 3.63) is 35.4 Å². The fourth-order valence-electron chi connectivity index (χ4n) is 2.52.